The summed E-state index contributed by atoms with van der Waals surface area (Å²) in [7, 11) is 0.610. The van der Waals surface area contributed by atoms with Gasteiger partial charge in [0.05, 0.1) is 0 Å². The molecule has 0 bridgehead atoms. The summed E-state index contributed by atoms with van der Waals surface area (Å²) in [4.78, 5) is 1.92. The van der Waals surface area contributed by atoms with E-state index in [9.17, 15) is 0 Å². The molecule has 1 rings (SSSR count). The van der Waals surface area contributed by atoms with Crippen molar-refractivity contribution < 1.29 is 0 Å². The molecule has 0 aliphatic heterocycles. The van der Waals surface area contributed by atoms with Crippen molar-refractivity contribution in [3.8, 4) is 0 Å². The first-order chi connectivity index (χ1) is 6.79. The fourth-order valence-electron chi connectivity index (χ4n) is 1.19. The van der Waals surface area contributed by atoms with Gasteiger partial charge in [0, 0.05) is 30.1 Å². The molecule has 0 radical (unpaired) electrons. The van der Waals surface area contributed by atoms with Gasteiger partial charge >= 0.3 is 0 Å². The van der Waals surface area contributed by atoms with Crippen molar-refractivity contribution in [2.75, 3.05) is 24.8 Å². The third kappa shape index (κ3) is 3.20. The molecular weight excluding hydrogens is 238 g/mol. The lowest BCUT2D eigenvalue weighted by atomic mass is 10.4. The summed E-state index contributed by atoms with van der Waals surface area (Å²) in [6, 6.07) is 3.97. The molecule has 0 spiro atoms. The third-order valence-corrected chi connectivity index (χ3v) is 3.29. The second-order valence-corrected chi connectivity index (χ2v) is 4.71. The first kappa shape index (κ1) is 11.9. The van der Waals surface area contributed by atoms with E-state index in [0.29, 0.717) is 38.9 Å². The van der Waals surface area contributed by atoms with Crippen LogP contribution in [0, 0.1) is 5.41 Å². The second kappa shape index (κ2) is 6.34. The molecular formula is C9H13Cl2N2P. The van der Waals surface area contributed by atoms with Crippen LogP contribution in [-0.2, 0) is 0 Å². The quantitative estimate of drug-likeness (QED) is 0.486. The van der Waals surface area contributed by atoms with E-state index in [-0.39, 0.29) is 0 Å². The maximum atomic E-state index is 7.96. The monoisotopic (exact) mass is 250 g/mol. The highest BCUT2D eigenvalue weighted by Crippen LogP contribution is 2.17. The van der Waals surface area contributed by atoms with Crippen LogP contribution in [0.25, 0.3) is 0 Å². The Hall–Kier alpha value is -0.170. The summed E-state index contributed by atoms with van der Waals surface area (Å²) in [6.07, 6.45) is 0. The lowest BCUT2D eigenvalue weighted by Crippen LogP contribution is -2.33. The Morgan fingerprint density at radius 1 is 1.36 bits per heavy atom. The molecule has 1 unspecified atom stereocenters. The molecule has 1 aromatic heterocycles. The van der Waals surface area contributed by atoms with Crippen LogP contribution in [-0.4, -0.2) is 35.6 Å². The Kier molecular flexibility index (Phi) is 5.39. The minimum absolute atomic E-state index is 0.531. The minimum Gasteiger partial charge on any atom is -0.354 e. The average Bonchev–Trinajstić information content (AvgIpc) is 2.69. The Morgan fingerprint density at radius 2 is 2.00 bits per heavy atom. The number of alkyl halides is 2. The molecule has 14 heavy (non-hydrogen) atoms. The average molecular weight is 251 g/mol. The Balaban J connectivity index is 2.63. The summed E-state index contributed by atoms with van der Waals surface area (Å²) in [5.41, 5.74) is 0. The Bertz CT molecular complexity index is 268. The molecule has 78 valence electrons. The maximum Gasteiger partial charge on any atom is 0.131 e. The van der Waals surface area contributed by atoms with Crippen LogP contribution in [0.2, 0.25) is 0 Å². The highest BCUT2D eigenvalue weighted by Gasteiger charge is 2.10. The summed E-state index contributed by atoms with van der Waals surface area (Å²) in [5.74, 6) is 3.70. The highest BCUT2D eigenvalue weighted by molar-refractivity contribution is 7.31. The predicted molar refractivity (Wildman–Crippen MR) is 65.8 cm³/mol. The molecule has 0 aromatic carbocycles. The van der Waals surface area contributed by atoms with E-state index in [2.05, 4.69) is 5.80 Å². The van der Waals surface area contributed by atoms with Crippen LogP contribution in [0.3, 0.4) is 0 Å². The summed E-state index contributed by atoms with van der Waals surface area (Å²) in [5, 5.41) is 9.03. The van der Waals surface area contributed by atoms with Crippen LogP contribution in [0.15, 0.2) is 17.9 Å². The van der Waals surface area contributed by atoms with Gasteiger partial charge in [-0.1, -0.05) is 6.07 Å². The lowest BCUT2D eigenvalue weighted by Gasteiger charge is -2.22. The zero-order valence-electron chi connectivity index (χ0n) is 7.76. The van der Waals surface area contributed by atoms with Crippen molar-refractivity contribution >= 4 is 37.2 Å². The molecule has 2 nitrogen and oxygen atoms in total. The fourth-order valence-corrected chi connectivity index (χ4v) is 2.45. The van der Waals surface area contributed by atoms with Gasteiger partial charge in [0.1, 0.15) is 5.84 Å². The molecule has 0 fully saturated rings. The van der Waals surface area contributed by atoms with E-state index in [1.807, 2.05) is 17.0 Å². The lowest BCUT2D eigenvalue weighted by molar-refractivity contribution is 0.469. The van der Waals surface area contributed by atoms with Crippen molar-refractivity contribution in [2.24, 2.45) is 0 Å². The molecule has 1 N–H and O–H groups in total. The zero-order valence-corrected chi connectivity index (χ0v) is 10.3. The molecule has 1 atom stereocenters. The van der Waals surface area contributed by atoms with Gasteiger partial charge in [0.15, 0.2) is 0 Å². The molecule has 0 amide bonds. The van der Waals surface area contributed by atoms with E-state index >= 15 is 0 Å². The standard InChI is InChI=1S/C9H13Cl2N2P/c10-3-5-13(6-4-11)9(12)8-2-1-7-14-8/h1-2,7,12,14H,3-6H2. The number of rotatable bonds is 5. The summed E-state index contributed by atoms with van der Waals surface area (Å²) >= 11 is 11.3. The molecule has 1 aromatic rings. The van der Waals surface area contributed by atoms with Gasteiger partial charge in [-0.25, -0.2) is 0 Å². The number of amidine groups is 1. The van der Waals surface area contributed by atoms with Crippen molar-refractivity contribution in [3.63, 3.8) is 0 Å². The number of halogens is 2. The molecule has 0 saturated heterocycles. The van der Waals surface area contributed by atoms with Crippen LogP contribution < -0.4 is 0 Å². The molecule has 1 heterocycles. The maximum absolute atomic E-state index is 7.96. The van der Waals surface area contributed by atoms with Gasteiger partial charge in [0.25, 0.3) is 0 Å². The summed E-state index contributed by atoms with van der Waals surface area (Å²) in [6.45, 7) is 1.38. The highest BCUT2D eigenvalue weighted by atomic mass is 35.5. The van der Waals surface area contributed by atoms with Crippen LogP contribution in [0.4, 0.5) is 0 Å². The largest absolute Gasteiger partial charge is 0.354 e. The topological polar surface area (TPSA) is 27.1 Å². The van der Waals surface area contributed by atoms with Crippen LogP contribution >= 0.6 is 31.4 Å². The first-order valence-corrected chi connectivity index (χ1v) is 6.53. The van der Waals surface area contributed by atoms with Crippen molar-refractivity contribution in [1.82, 2.24) is 4.90 Å². The molecule has 0 aliphatic carbocycles. The number of nitrogens with one attached hydrogen (secondary N) is 1. The van der Waals surface area contributed by atoms with E-state index in [4.69, 9.17) is 28.6 Å². The molecule has 5 heteroatoms. The Morgan fingerprint density at radius 3 is 2.43 bits per heavy atom. The van der Waals surface area contributed by atoms with Gasteiger partial charge in [-0.2, -0.15) is 0 Å². The van der Waals surface area contributed by atoms with Crippen LogP contribution in [0.5, 0.6) is 0 Å². The number of nitrogens with zero attached hydrogens (tertiary/aromatic N) is 1. The normalized spacial score (nSPS) is 10.7. The predicted octanol–water partition coefficient (Wildman–Crippen LogP) is 2.82. The zero-order chi connectivity index (χ0) is 10.4. The number of hydrogen-bond donors (Lipinski definition) is 1. The van der Waals surface area contributed by atoms with Crippen molar-refractivity contribution in [3.05, 3.63) is 23.2 Å². The van der Waals surface area contributed by atoms with Gasteiger partial charge in [0.2, 0.25) is 0 Å². The van der Waals surface area contributed by atoms with E-state index in [1.54, 1.807) is 0 Å². The molecule has 0 aliphatic rings. The smallest absolute Gasteiger partial charge is 0.131 e. The van der Waals surface area contributed by atoms with Gasteiger partial charge in [-0.05, 0) is 11.9 Å². The Labute approximate surface area is 95.8 Å². The van der Waals surface area contributed by atoms with Gasteiger partial charge in [-0.15, -0.1) is 31.4 Å². The minimum atomic E-state index is 0.531. The van der Waals surface area contributed by atoms with E-state index < -0.39 is 0 Å². The first-order valence-electron chi connectivity index (χ1n) is 4.38. The fraction of sp³-hybridized carbons (Fsp3) is 0.444. The van der Waals surface area contributed by atoms with Crippen molar-refractivity contribution in [2.45, 2.75) is 0 Å². The van der Waals surface area contributed by atoms with Gasteiger partial charge < -0.3 is 4.90 Å². The van der Waals surface area contributed by atoms with Crippen LogP contribution in [0.1, 0.15) is 5.30 Å². The SMILES string of the molecule is N=C(c1ccc[pH]1)N(CCCl)CCCl. The van der Waals surface area contributed by atoms with Gasteiger partial charge in [-0.3, -0.25) is 5.41 Å². The van der Waals surface area contributed by atoms with E-state index in [0.717, 1.165) is 5.30 Å². The molecule has 0 saturated carbocycles. The van der Waals surface area contributed by atoms with E-state index in [1.165, 1.54) is 0 Å². The third-order valence-electron chi connectivity index (χ3n) is 1.88. The summed E-state index contributed by atoms with van der Waals surface area (Å²) < 4.78 is 0. The second-order valence-electron chi connectivity index (χ2n) is 2.80. The number of hydrogen-bond acceptors (Lipinski definition) is 1. The van der Waals surface area contributed by atoms with Crippen molar-refractivity contribution in [1.29, 1.82) is 5.41 Å².